The van der Waals surface area contributed by atoms with E-state index in [2.05, 4.69) is 15.5 Å². The van der Waals surface area contributed by atoms with E-state index in [1.54, 1.807) is 30.5 Å². The number of nitrogens with one attached hydrogen (secondary N) is 1. The minimum atomic E-state index is -1.12. The Bertz CT molecular complexity index is 1110. The maximum Gasteiger partial charge on any atom is 0.344 e. The van der Waals surface area contributed by atoms with E-state index in [1.165, 1.54) is 20.2 Å². The minimum Gasteiger partial charge on any atom is -0.493 e. The summed E-state index contributed by atoms with van der Waals surface area (Å²) in [4.78, 5) is 27.5. The highest BCUT2D eigenvalue weighted by molar-refractivity contribution is 5.87. The van der Waals surface area contributed by atoms with Crippen LogP contribution in [0.15, 0.2) is 59.8 Å². The molecule has 0 fully saturated rings. The fourth-order valence-electron chi connectivity index (χ4n) is 2.69. The molecule has 0 aliphatic carbocycles. The number of ether oxygens (including phenoxy) is 3. The van der Waals surface area contributed by atoms with Crippen LogP contribution in [0.25, 0.3) is 10.9 Å². The number of hydrogen-bond acceptors (Lipinski definition) is 7. The zero-order chi connectivity index (χ0) is 22.2. The Morgan fingerprint density at radius 2 is 1.90 bits per heavy atom. The van der Waals surface area contributed by atoms with Crippen molar-refractivity contribution in [3.05, 3.63) is 60.3 Å². The maximum absolute atomic E-state index is 12.1. The van der Waals surface area contributed by atoms with Gasteiger partial charge in [0.05, 0.1) is 13.3 Å². The van der Waals surface area contributed by atoms with Crippen molar-refractivity contribution in [1.82, 2.24) is 10.4 Å². The van der Waals surface area contributed by atoms with E-state index >= 15 is 0 Å². The smallest absolute Gasteiger partial charge is 0.344 e. The van der Waals surface area contributed by atoms with Crippen molar-refractivity contribution >= 4 is 29.0 Å². The lowest BCUT2D eigenvalue weighted by Gasteiger charge is -2.15. The quantitative estimate of drug-likeness (QED) is 0.401. The highest BCUT2D eigenvalue weighted by atomic mass is 16.5. The summed E-state index contributed by atoms with van der Waals surface area (Å²) in [5, 5.41) is 13.9. The second-order valence-electron chi connectivity index (χ2n) is 6.39. The highest BCUT2D eigenvalue weighted by Gasteiger charge is 2.18. The largest absolute Gasteiger partial charge is 0.493 e. The number of amides is 1. The average Bonchev–Trinajstić information content (AvgIpc) is 2.78. The molecule has 3 rings (SSSR count). The number of fused-ring (bicyclic) bond motifs is 1. The van der Waals surface area contributed by atoms with Crippen LogP contribution in [0.1, 0.15) is 12.5 Å². The van der Waals surface area contributed by atoms with Crippen LogP contribution in [0, 0.1) is 0 Å². The summed E-state index contributed by atoms with van der Waals surface area (Å²) in [6, 6.07) is 14.1. The first-order chi connectivity index (χ1) is 15.0. The van der Waals surface area contributed by atoms with Crippen molar-refractivity contribution in [2.24, 2.45) is 5.10 Å². The first-order valence-electron chi connectivity index (χ1n) is 9.34. The second-order valence-corrected chi connectivity index (χ2v) is 6.39. The third-order valence-corrected chi connectivity index (χ3v) is 4.22. The number of aliphatic carboxylic acids is 1. The van der Waals surface area contributed by atoms with Crippen molar-refractivity contribution in [2.75, 3.05) is 13.7 Å². The number of hydrogen-bond donors (Lipinski definition) is 2. The molecule has 1 aromatic heterocycles. The predicted octanol–water partition coefficient (Wildman–Crippen LogP) is 2.62. The zero-order valence-electron chi connectivity index (χ0n) is 16.9. The molecule has 3 aromatic rings. The molecule has 0 aliphatic heterocycles. The summed E-state index contributed by atoms with van der Waals surface area (Å²) in [6.45, 7) is 1.14. The minimum absolute atomic E-state index is 0.205. The van der Waals surface area contributed by atoms with Gasteiger partial charge in [0.1, 0.15) is 11.3 Å². The maximum atomic E-state index is 12.1. The Labute approximate surface area is 178 Å². The molecule has 1 heterocycles. The van der Waals surface area contributed by atoms with Gasteiger partial charge in [-0.05, 0) is 31.2 Å². The third-order valence-electron chi connectivity index (χ3n) is 4.22. The lowest BCUT2D eigenvalue weighted by Crippen LogP contribution is -2.25. The lowest BCUT2D eigenvalue weighted by molar-refractivity contribution is -0.144. The Balaban J connectivity index is 1.65. The molecule has 9 heteroatoms. The number of pyridine rings is 1. The van der Waals surface area contributed by atoms with Crippen LogP contribution in [0.3, 0.4) is 0 Å². The van der Waals surface area contributed by atoms with E-state index < -0.39 is 18.0 Å². The third kappa shape index (κ3) is 5.47. The van der Waals surface area contributed by atoms with Crippen LogP contribution in [-0.4, -0.2) is 48.0 Å². The summed E-state index contributed by atoms with van der Waals surface area (Å²) >= 11 is 0. The van der Waals surface area contributed by atoms with E-state index in [1.807, 2.05) is 24.3 Å². The number of carbonyl (C=O) groups excluding carboxylic acids is 1. The molecule has 1 atom stereocenters. The van der Waals surface area contributed by atoms with Crippen LogP contribution < -0.4 is 19.6 Å². The van der Waals surface area contributed by atoms with Crippen LogP contribution in [0.4, 0.5) is 0 Å². The molecular weight excluding hydrogens is 402 g/mol. The highest BCUT2D eigenvalue weighted by Crippen LogP contribution is 2.31. The fourth-order valence-corrected chi connectivity index (χ4v) is 2.69. The number of rotatable bonds is 9. The van der Waals surface area contributed by atoms with Crippen LogP contribution >= 0.6 is 0 Å². The van der Waals surface area contributed by atoms with Crippen LogP contribution in [0.5, 0.6) is 17.2 Å². The number of carboxylic acids is 1. The summed E-state index contributed by atoms with van der Waals surface area (Å²) in [7, 11) is 1.44. The van der Waals surface area contributed by atoms with E-state index in [9.17, 15) is 9.59 Å². The molecule has 0 radical (unpaired) electrons. The molecule has 2 N–H and O–H groups in total. The number of aromatic nitrogens is 1. The Kier molecular flexibility index (Phi) is 7.00. The summed E-state index contributed by atoms with van der Waals surface area (Å²) in [6.07, 6.45) is 1.89. The van der Waals surface area contributed by atoms with Gasteiger partial charge in [-0.15, -0.1) is 0 Å². The van der Waals surface area contributed by atoms with Crippen molar-refractivity contribution in [3.63, 3.8) is 0 Å². The molecule has 1 amide bonds. The molecule has 2 aromatic carbocycles. The topological polar surface area (TPSA) is 119 Å². The SMILES string of the molecule is COc1cccc(/C=N\NC(=O)COc2cccc3cccnc23)c1O[C@H](C)C(=O)O. The van der Waals surface area contributed by atoms with Crippen molar-refractivity contribution in [3.8, 4) is 17.2 Å². The fraction of sp³-hybridized carbons (Fsp3) is 0.182. The van der Waals surface area contributed by atoms with Gasteiger partial charge in [-0.3, -0.25) is 9.78 Å². The first kappa shape index (κ1) is 21.6. The van der Waals surface area contributed by atoms with Crippen molar-refractivity contribution < 1.29 is 28.9 Å². The van der Waals surface area contributed by atoms with Gasteiger partial charge in [0.25, 0.3) is 5.91 Å². The van der Waals surface area contributed by atoms with Crippen LogP contribution in [0.2, 0.25) is 0 Å². The normalized spacial score (nSPS) is 11.8. The van der Waals surface area contributed by atoms with Gasteiger partial charge in [0, 0.05) is 17.1 Å². The Morgan fingerprint density at radius 1 is 1.16 bits per heavy atom. The van der Waals surface area contributed by atoms with Crippen LogP contribution in [-0.2, 0) is 9.59 Å². The zero-order valence-corrected chi connectivity index (χ0v) is 16.9. The summed E-state index contributed by atoms with van der Waals surface area (Å²) in [5.74, 6) is -0.565. The molecule has 0 saturated carbocycles. The molecule has 9 nitrogen and oxygen atoms in total. The number of carbonyl (C=O) groups is 2. The molecule has 0 aliphatic rings. The standard InChI is InChI=1S/C22H21N3O6/c1-14(22(27)28)31-21-16(7-4-10-18(21)29-2)12-24-25-19(26)13-30-17-9-3-6-15-8-5-11-23-20(15)17/h3-12,14H,13H2,1-2H3,(H,25,26)(H,27,28)/b24-12-/t14-/m1/s1. The van der Waals surface area contributed by atoms with Gasteiger partial charge in [-0.2, -0.15) is 5.10 Å². The van der Waals surface area contributed by atoms with Gasteiger partial charge in [0.2, 0.25) is 0 Å². The van der Waals surface area contributed by atoms with Gasteiger partial charge < -0.3 is 19.3 Å². The lowest BCUT2D eigenvalue weighted by atomic mass is 10.2. The molecule has 0 bridgehead atoms. The van der Waals surface area contributed by atoms with E-state index in [-0.39, 0.29) is 12.4 Å². The molecule has 0 spiro atoms. The van der Waals surface area contributed by atoms with E-state index in [0.29, 0.717) is 22.6 Å². The first-order valence-corrected chi connectivity index (χ1v) is 9.34. The molecule has 0 saturated heterocycles. The summed E-state index contributed by atoms with van der Waals surface area (Å²) < 4.78 is 16.3. The molecule has 0 unspecified atom stereocenters. The molecule has 31 heavy (non-hydrogen) atoms. The average molecular weight is 423 g/mol. The monoisotopic (exact) mass is 423 g/mol. The number of nitrogens with zero attached hydrogens (tertiary/aromatic N) is 2. The molecular formula is C22H21N3O6. The van der Waals surface area contributed by atoms with Crippen molar-refractivity contribution in [1.29, 1.82) is 0 Å². The van der Waals surface area contributed by atoms with E-state index in [0.717, 1.165) is 5.39 Å². The number of hydrazone groups is 1. The number of methoxy groups -OCH3 is 1. The Morgan fingerprint density at radius 3 is 2.68 bits per heavy atom. The second kappa shape index (κ2) is 10.1. The predicted molar refractivity (Wildman–Crippen MR) is 114 cm³/mol. The van der Waals surface area contributed by atoms with Gasteiger partial charge in [-0.1, -0.05) is 24.3 Å². The number of para-hydroxylation sites is 2. The summed E-state index contributed by atoms with van der Waals surface area (Å²) in [5.41, 5.74) is 3.46. The number of benzene rings is 2. The molecule has 160 valence electrons. The van der Waals surface area contributed by atoms with Gasteiger partial charge >= 0.3 is 5.97 Å². The Hall–Kier alpha value is -4.14. The van der Waals surface area contributed by atoms with E-state index in [4.69, 9.17) is 19.3 Å². The van der Waals surface area contributed by atoms with Crippen molar-refractivity contribution in [2.45, 2.75) is 13.0 Å². The number of carboxylic acid groups (broad SMARTS) is 1. The van der Waals surface area contributed by atoms with Gasteiger partial charge in [-0.25, -0.2) is 10.2 Å². The van der Waals surface area contributed by atoms with Gasteiger partial charge in [0.15, 0.2) is 24.2 Å².